The normalized spacial score (nSPS) is 11.1. The number of benzene rings is 2. The summed E-state index contributed by atoms with van der Waals surface area (Å²) in [6, 6.07) is 14.1. The summed E-state index contributed by atoms with van der Waals surface area (Å²) in [6.45, 7) is 0.918. The molecular weight excluding hydrogens is 364 g/mol. The van der Waals surface area contributed by atoms with Gasteiger partial charge in [0.1, 0.15) is 17.4 Å². The van der Waals surface area contributed by atoms with Crippen LogP contribution in [0.25, 0.3) is 10.9 Å². The highest BCUT2D eigenvalue weighted by atomic mass is 19.1. The third-order valence-electron chi connectivity index (χ3n) is 4.43. The maximum Gasteiger partial charge on any atom is 0.273 e. The lowest BCUT2D eigenvalue weighted by atomic mass is 10.1. The third kappa shape index (κ3) is 3.93. The Bertz CT molecular complexity index is 1130. The van der Waals surface area contributed by atoms with Crippen molar-refractivity contribution in [3.05, 3.63) is 89.4 Å². The zero-order valence-electron chi connectivity index (χ0n) is 14.9. The van der Waals surface area contributed by atoms with Crippen LogP contribution in [0.4, 0.5) is 8.78 Å². The molecule has 7 heteroatoms. The lowest BCUT2D eigenvalue weighted by Crippen LogP contribution is -2.27. The Kier molecular flexibility index (Phi) is 4.89. The minimum atomic E-state index is -0.350. The summed E-state index contributed by atoms with van der Waals surface area (Å²) >= 11 is 0. The molecule has 4 rings (SSSR count). The van der Waals surface area contributed by atoms with Crippen LogP contribution in [-0.4, -0.2) is 22.2 Å². The molecule has 2 aromatic heterocycles. The molecule has 2 heterocycles. The summed E-state index contributed by atoms with van der Waals surface area (Å²) in [4.78, 5) is 12.2. The van der Waals surface area contributed by atoms with Crippen LogP contribution in [0.1, 0.15) is 21.8 Å². The second kappa shape index (κ2) is 7.64. The smallest absolute Gasteiger partial charge is 0.273 e. The summed E-state index contributed by atoms with van der Waals surface area (Å²) in [5.74, 6) is -0.472. The number of hydrogen-bond donors (Lipinski definition) is 1. The first kappa shape index (κ1) is 17.9. The van der Waals surface area contributed by atoms with E-state index in [1.807, 2.05) is 16.8 Å². The maximum atomic E-state index is 13.3. The van der Waals surface area contributed by atoms with E-state index in [4.69, 9.17) is 4.52 Å². The maximum absolute atomic E-state index is 13.3. The second-order valence-electron chi connectivity index (χ2n) is 6.45. The van der Waals surface area contributed by atoms with Gasteiger partial charge in [0.05, 0.1) is 0 Å². The fraction of sp³-hybridized carbons (Fsp3) is 0.143. The van der Waals surface area contributed by atoms with Crippen molar-refractivity contribution in [3.63, 3.8) is 0 Å². The van der Waals surface area contributed by atoms with Crippen LogP contribution in [0.2, 0.25) is 0 Å². The molecule has 0 atom stereocenters. The van der Waals surface area contributed by atoms with Crippen molar-refractivity contribution in [2.45, 2.75) is 13.0 Å². The summed E-state index contributed by atoms with van der Waals surface area (Å²) in [6.07, 6.45) is 2.20. The highest BCUT2D eigenvalue weighted by Gasteiger charge is 2.13. The molecule has 0 spiro atoms. The first-order valence-electron chi connectivity index (χ1n) is 8.81. The molecule has 0 fully saturated rings. The lowest BCUT2D eigenvalue weighted by molar-refractivity contribution is 0.0943. The molecular formula is C21H17F2N3O2. The van der Waals surface area contributed by atoms with Gasteiger partial charge in [0.2, 0.25) is 0 Å². The number of fused-ring (bicyclic) bond motifs is 1. The van der Waals surface area contributed by atoms with E-state index in [0.717, 1.165) is 16.5 Å². The standard InChI is InChI=1S/C21H17F2N3O2/c22-16-3-1-2-14(10-16)11-18-13-19(25-28-18)21(27)24-7-9-26-8-6-15-12-17(23)4-5-20(15)26/h1-6,8,10,12-13H,7,9,11H2,(H,24,27). The van der Waals surface area contributed by atoms with Crippen molar-refractivity contribution in [1.29, 1.82) is 0 Å². The van der Waals surface area contributed by atoms with Crippen LogP contribution in [0.5, 0.6) is 0 Å². The first-order chi connectivity index (χ1) is 13.6. The molecule has 1 amide bonds. The summed E-state index contributed by atoms with van der Waals surface area (Å²) in [5, 5.41) is 7.37. The van der Waals surface area contributed by atoms with Gasteiger partial charge in [-0.05, 0) is 42.0 Å². The Morgan fingerprint density at radius 2 is 1.93 bits per heavy atom. The predicted octanol–water partition coefficient (Wildman–Crippen LogP) is 3.93. The topological polar surface area (TPSA) is 60.1 Å². The molecule has 0 aliphatic rings. The van der Waals surface area contributed by atoms with Gasteiger partial charge in [-0.25, -0.2) is 8.78 Å². The van der Waals surface area contributed by atoms with Crippen molar-refractivity contribution in [1.82, 2.24) is 15.0 Å². The number of halogens is 2. The number of rotatable bonds is 6. The van der Waals surface area contributed by atoms with Crippen LogP contribution in [0.15, 0.2) is 65.3 Å². The molecule has 2 aromatic carbocycles. The molecule has 0 unspecified atom stereocenters. The number of carbonyl (C=O) groups excluding carboxylic acids is 1. The van der Waals surface area contributed by atoms with Gasteiger partial charge in [-0.1, -0.05) is 17.3 Å². The molecule has 0 radical (unpaired) electrons. The van der Waals surface area contributed by atoms with Gasteiger partial charge >= 0.3 is 0 Å². The fourth-order valence-electron chi connectivity index (χ4n) is 3.10. The highest BCUT2D eigenvalue weighted by molar-refractivity contribution is 5.92. The molecule has 0 aliphatic carbocycles. The number of amides is 1. The number of aromatic nitrogens is 2. The average Bonchev–Trinajstić information content (AvgIpc) is 3.29. The lowest BCUT2D eigenvalue weighted by Gasteiger charge is -2.06. The quantitative estimate of drug-likeness (QED) is 0.551. The molecule has 142 valence electrons. The summed E-state index contributed by atoms with van der Waals surface area (Å²) in [5.41, 5.74) is 1.80. The van der Waals surface area contributed by atoms with Crippen molar-refractivity contribution in [2.75, 3.05) is 6.54 Å². The van der Waals surface area contributed by atoms with E-state index in [0.29, 0.717) is 25.3 Å². The van der Waals surface area contributed by atoms with Crippen molar-refractivity contribution in [2.24, 2.45) is 0 Å². The third-order valence-corrected chi connectivity index (χ3v) is 4.43. The number of hydrogen-bond acceptors (Lipinski definition) is 3. The van der Waals surface area contributed by atoms with E-state index in [1.54, 1.807) is 24.3 Å². The molecule has 5 nitrogen and oxygen atoms in total. The van der Waals surface area contributed by atoms with Gasteiger partial charge in [-0.15, -0.1) is 0 Å². The first-order valence-corrected chi connectivity index (χ1v) is 8.81. The molecule has 0 aliphatic heterocycles. The molecule has 4 aromatic rings. The molecule has 0 saturated heterocycles. The van der Waals surface area contributed by atoms with E-state index in [2.05, 4.69) is 10.5 Å². The van der Waals surface area contributed by atoms with Crippen molar-refractivity contribution < 1.29 is 18.1 Å². The van der Waals surface area contributed by atoms with E-state index < -0.39 is 0 Å². The summed E-state index contributed by atoms with van der Waals surface area (Å²) in [7, 11) is 0. The number of nitrogens with one attached hydrogen (secondary N) is 1. The van der Waals surface area contributed by atoms with Crippen LogP contribution >= 0.6 is 0 Å². The van der Waals surface area contributed by atoms with Crippen LogP contribution in [0.3, 0.4) is 0 Å². The Morgan fingerprint density at radius 3 is 2.79 bits per heavy atom. The van der Waals surface area contributed by atoms with Crippen LogP contribution < -0.4 is 5.32 Å². The molecule has 0 saturated carbocycles. The Balaban J connectivity index is 1.34. The van der Waals surface area contributed by atoms with Crippen LogP contribution in [-0.2, 0) is 13.0 Å². The van der Waals surface area contributed by atoms with Gasteiger partial charge in [0, 0.05) is 42.7 Å². The average molecular weight is 381 g/mol. The van der Waals surface area contributed by atoms with E-state index in [-0.39, 0.29) is 23.2 Å². The van der Waals surface area contributed by atoms with E-state index in [9.17, 15) is 13.6 Å². The highest BCUT2D eigenvalue weighted by Crippen LogP contribution is 2.17. The molecule has 28 heavy (non-hydrogen) atoms. The van der Waals surface area contributed by atoms with Crippen LogP contribution in [0, 0.1) is 11.6 Å². The van der Waals surface area contributed by atoms with Gasteiger partial charge in [0.25, 0.3) is 5.91 Å². The number of carbonyl (C=O) groups is 1. The van der Waals surface area contributed by atoms with Gasteiger partial charge in [0.15, 0.2) is 5.69 Å². The Morgan fingerprint density at radius 1 is 1.07 bits per heavy atom. The fourth-order valence-corrected chi connectivity index (χ4v) is 3.10. The Labute approximate surface area is 159 Å². The van der Waals surface area contributed by atoms with Gasteiger partial charge in [-0.3, -0.25) is 4.79 Å². The number of nitrogens with zero attached hydrogens (tertiary/aromatic N) is 2. The minimum absolute atomic E-state index is 0.172. The summed E-state index contributed by atoms with van der Waals surface area (Å²) < 4.78 is 33.6. The monoisotopic (exact) mass is 381 g/mol. The molecule has 0 bridgehead atoms. The predicted molar refractivity (Wildman–Crippen MR) is 99.9 cm³/mol. The molecule has 1 N–H and O–H groups in total. The zero-order valence-corrected chi connectivity index (χ0v) is 14.9. The minimum Gasteiger partial charge on any atom is -0.360 e. The van der Waals surface area contributed by atoms with Gasteiger partial charge in [-0.2, -0.15) is 0 Å². The van der Waals surface area contributed by atoms with Crippen molar-refractivity contribution in [3.8, 4) is 0 Å². The van der Waals surface area contributed by atoms with E-state index >= 15 is 0 Å². The SMILES string of the molecule is O=C(NCCn1ccc2cc(F)ccc21)c1cc(Cc2cccc(F)c2)on1. The largest absolute Gasteiger partial charge is 0.360 e. The Hall–Kier alpha value is -3.48. The van der Waals surface area contributed by atoms with E-state index in [1.165, 1.54) is 24.3 Å². The second-order valence-corrected chi connectivity index (χ2v) is 6.45. The van der Waals surface area contributed by atoms with Gasteiger partial charge < -0.3 is 14.4 Å². The van der Waals surface area contributed by atoms with Crippen molar-refractivity contribution >= 4 is 16.8 Å². The zero-order chi connectivity index (χ0) is 19.5.